The molecule has 0 aromatic heterocycles. The van der Waals surface area contributed by atoms with Gasteiger partial charge in [0, 0.05) is 25.3 Å². The van der Waals surface area contributed by atoms with Crippen molar-refractivity contribution in [2.75, 3.05) is 35.0 Å². The number of aliphatic hydroxyl groups is 2. The van der Waals surface area contributed by atoms with E-state index in [-0.39, 0.29) is 11.5 Å². The Labute approximate surface area is 203 Å². The zero-order valence-electron chi connectivity index (χ0n) is 19.8. The molecule has 2 N–H and O–H groups in total. The van der Waals surface area contributed by atoms with Crippen molar-refractivity contribution < 1.29 is 38.7 Å². The van der Waals surface area contributed by atoms with Gasteiger partial charge in [0.25, 0.3) is 0 Å². The molecule has 184 valence electrons. The number of rotatable bonds is 10. The minimum atomic E-state index is -1.91. The SMILES string of the molecule is CCOC(=O)C1=C[C@H](C(O)(OC)c2ccc(OC)cc2)[C@@H](C(O)(OC)c2ccc(OC)cc2)S1. The van der Waals surface area contributed by atoms with E-state index < -0.39 is 28.7 Å². The first kappa shape index (κ1) is 26.1. The van der Waals surface area contributed by atoms with Gasteiger partial charge in [-0.15, -0.1) is 11.8 Å². The van der Waals surface area contributed by atoms with Crippen molar-refractivity contribution in [3.63, 3.8) is 0 Å². The summed E-state index contributed by atoms with van der Waals surface area (Å²) >= 11 is 1.06. The van der Waals surface area contributed by atoms with E-state index in [2.05, 4.69) is 0 Å². The van der Waals surface area contributed by atoms with Crippen LogP contribution in [0.25, 0.3) is 0 Å². The molecule has 1 heterocycles. The van der Waals surface area contributed by atoms with Crippen molar-refractivity contribution in [3.05, 3.63) is 70.6 Å². The summed E-state index contributed by atoms with van der Waals surface area (Å²) < 4.78 is 26.9. The highest BCUT2D eigenvalue weighted by Crippen LogP contribution is 2.53. The molecule has 0 radical (unpaired) electrons. The quantitative estimate of drug-likeness (QED) is 0.384. The second-order valence-corrected chi connectivity index (χ2v) is 8.76. The Balaban J connectivity index is 2.11. The summed E-state index contributed by atoms with van der Waals surface area (Å²) in [6.45, 7) is 1.89. The molecule has 3 rings (SSSR count). The molecule has 0 fully saturated rings. The molecule has 4 atom stereocenters. The Bertz CT molecular complexity index is 1010. The smallest absolute Gasteiger partial charge is 0.344 e. The van der Waals surface area contributed by atoms with Crippen LogP contribution in [0.5, 0.6) is 11.5 Å². The van der Waals surface area contributed by atoms with E-state index in [1.54, 1.807) is 75.8 Å². The number of hydrogen-bond donors (Lipinski definition) is 2. The minimum Gasteiger partial charge on any atom is -0.497 e. The molecule has 0 saturated heterocycles. The van der Waals surface area contributed by atoms with Gasteiger partial charge in [0.2, 0.25) is 5.79 Å². The van der Waals surface area contributed by atoms with Gasteiger partial charge in [0.1, 0.15) is 11.5 Å². The normalized spacial score (nSPS) is 21.2. The van der Waals surface area contributed by atoms with Gasteiger partial charge in [-0.1, -0.05) is 6.08 Å². The zero-order valence-corrected chi connectivity index (χ0v) is 20.6. The van der Waals surface area contributed by atoms with E-state index in [0.29, 0.717) is 22.6 Å². The van der Waals surface area contributed by atoms with Crippen LogP contribution in [0.15, 0.2) is 59.5 Å². The Hall–Kier alpha value is -2.56. The maximum atomic E-state index is 12.6. The summed E-state index contributed by atoms with van der Waals surface area (Å²) in [6, 6.07) is 13.4. The highest BCUT2D eigenvalue weighted by atomic mass is 32.2. The lowest BCUT2D eigenvalue weighted by molar-refractivity contribution is -0.255. The summed E-state index contributed by atoms with van der Waals surface area (Å²) in [6.07, 6.45) is 1.56. The fraction of sp³-hybridized carbons (Fsp3) is 0.400. The number of methoxy groups -OCH3 is 4. The summed E-state index contributed by atoms with van der Waals surface area (Å²) in [7, 11) is 5.82. The second kappa shape index (κ2) is 10.8. The summed E-state index contributed by atoms with van der Waals surface area (Å²) in [4.78, 5) is 12.9. The van der Waals surface area contributed by atoms with Crippen LogP contribution in [-0.4, -0.2) is 56.5 Å². The lowest BCUT2D eigenvalue weighted by Gasteiger charge is -2.41. The van der Waals surface area contributed by atoms with E-state index in [9.17, 15) is 15.0 Å². The van der Waals surface area contributed by atoms with Crippen LogP contribution in [-0.2, 0) is 30.6 Å². The summed E-state index contributed by atoms with van der Waals surface area (Å²) in [5.41, 5.74) is 0.839. The third-order valence-corrected chi connectivity index (χ3v) is 7.28. The van der Waals surface area contributed by atoms with Crippen LogP contribution in [0.4, 0.5) is 0 Å². The largest absolute Gasteiger partial charge is 0.497 e. The topological polar surface area (TPSA) is 104 Å². The van der Waals surface area contributed by atoms with Gasteiger partial charge in [0.15, 0.2) is 5.79 Å². The molecule has 34 heavy (non-hydrogen) atoms. The van der Waals surface area contributed by atoms with Crippen LogP contribution in [0, 0.1) is 5.92 Å². The maximum absolute atomic E-state index is 12.6. The highest BCUT2D eigenvalue weighted by Gasteiger charge is 2.56. The van der Waals surface area contributed by atoms with Crippen molar-refractivity contribution >= 4 is 17.7 Å². The predicted molar refractivity (Wildman–Crippen MR) is 127 cm³/mol. The van der Waals surface area contributed by atoms with Crippen molar-refractivity contribution in [2.24, 2.45) is 5.92 Å². The Morgan fingerprint density at radius 2 is 1.32 bits per heavy atom. The van der Waals surface area contributed by atoms with Crippen LogP contribution < -0.4 is 9.47 Å². The lowest BCUT2D eigenvalue weighted by atomic mass is 9.83. The number of esters is 1. The van der Waals surface area contributed by atoms with Crippen molar-refractivity contribution in [1.82, 2.24) is 0 Å². The third kappa shape index (κ3) is 4.80. The molecule has 9 heteroatoms. The molecule has 0 saturated carbocycles. The molecule has 2 aromatic carbocycles. The van der Waals surface area contributed by atoms with Crippen molar-refractivity contribution in [2.45, 2.75) is 23.7 Å². The fourth-order valence-corrected chi connectivity index (χ4v) is 5.42. The average molecular weight is 491 g/mol. The number of benzene rings is 2. The fourth-order valence-electron chi connectivity index (χ4n) is 3.96. The van der Waals surface area contributed by atoms with E-state index in [0.717, 1.165) is 11.8 Å². The monoisotopic (exact) mass is 490 g/mol. The molecular formula is C25H30O8S. The molecule has 0 aliphatic carbocycles. The first-order valence-corrected chi connectivity index (χ1v) is 11.5. The van der Waals surface area contributed by atoms with E-state index in [4.69, 9.17) is 23.7 Å². The van der Waals surface area contributed by atoms with Gasteiger partial charge in [-0.2, -0.15) is 0 Å². The standard InChI is InChI=1S/C25H30O8S/c1-6-33-23(26)21-15-20(24(27,31-4)16-7-11-18(29-2)12-8-16)22(34-21)25(28,32-5)17-9-13-19(30-3)14-10-17/h7-15,20,22,27-28H,6H2,1-5H3/t20-,22-,24?,25?/m0/s1. The zero-order chi connectivity index (χ0) is 24.9. The van der Waals surface area contributed by atoms with Crippen LogP contribution in [0.2, 0.25) is 0 Å². The van der Waals surface area contributed by atoms with Gasteiger partial charge in [-0.25, -0.2) is 4.79 Å². The molecule has 1 aliphatic rings. The Morgan fingerprint density at radius 1 is 0.853 bits per heavy atom. The Morgan fingerprint density at radius 3 is 1.74 bits per heavy atom. The minimum absolute atomic E-state index is 0.187. The molecular weight excluding hydrogens is 460 g/mol. The van der Waals surface area contributed by atoms with Gasteiger partial charge in [-0.3, -0.25) is 0 Å². The molecule has 8 nitrogen and oxygen atoms in total. The van der Waals surface area contributed by atoms with Crippen LogP contribution in [0.1, 0.15) is 18.1 Å². The molecule has 2 aromatic rings. The number of hydrogen-bond acceptors (Lipinski definition) is 9. The van der Waals surface area contributed by atoms with E-state index >= 15 is 0 Å². The van der Waals surface area contributed by atoms with Crippen LogP contribution >= 0.6 is 11.8 Å². The maximum Gasteiger partial charge on any atom is 0.344 e. The number of carbonyl (C=O) groups is 1. The molecule has 1 aliphatic heterocycles. The predicted octanol–water partition coefficient (Wildman–Crippen LogP) is 3.17. The summed E-state index contributed by atoms with van der Waals surface area (Å²) in [5.74, 6) is -4.05. The molecule has 0 amide bonds. The Kier molecular flexibility index (Phi) is 8.27. The van der Waals surface area contributed by atoms with Gasteiger partial charge in [-0.05, 0) is 55.5 Å². The van der Waals surface area contributed by atoms with Crippen molar-refractivity contribution in [1.29, 1.82) is 0 Å². The number of thioether (sulfide) groups is 1. The van der Waals surface area contributed by atoms with E-state index in [1.165, 1.54) is 14.2 Å². The molecule has 0 spiro atoms. The van der Waals surface area contributed by atoms with Crippen LogP contribution in [0.3, 0.4) is 0 Å². The first-order valence-electron chi connectivity index (χ1n) is 10.7. The van der Waals surface area contributed by atoms with Gasteiger partial charge < -0.3 is 33.9 Å². The molecule has 0 bridgehead atoms. The average Bonchev–Trinajstić information content (AvgIpc) is 3.35. The van der Waals surface area contributed by atoms with Crippen molar-refractivity contribution in [3.8, 4) is 11.5 Å². The third-order valence-electron chi connectivity index (χ3n) is 5.85. The number of ether oxygens (including phenoxy) is 5. The van der Waals surface area contributed by atoms with Gasteiger partial charge >= 0.3 is 5.97 Å². The molecule has 2 unspecified atom stereocenters. The first-order chi connectivity index (χ1) is 16.3. The van der Waals surface area contributed by atoms with Gasteiger partial charge in [0.05, 0.1) is 36.9 Å². The highest BCUT2D eigenvalue weighted by molar-refractivity contribution is 8.04. The van der Waals surface area contributed by atoms with E-state index in [1.807, 2.05) is 0 Å². The number of carbonyl (C=O) groups excluding carboxylic acids is 1. The summed E-state index contributed by atoms with van der Waals surface area (Å²) in [5, 5.41) is 22.7. The second-order valence-electron chi connectivity index (χ2n) is 7.57. The lowest BCUT2D eigenvalue weighted by Crippen LogP contribution is -2.50.